The third-order valence-electron chi connectivity index (χ3n) is 5.30. The molecule has 2 amide bonds. The summed E-state index contributed by atoms with van der Waals surface area (Å²) in [4.78, 5) is 33.2. The molecule has 1 aromatic carbocycles. The molecule has 35 heavy (non-hydrogen) atoms. The van der Waals surface area contributed by atoms with Crippen LogP contribution in [-0.4, -0.2) is 42.1 Å². The van der Waals surface area contributed by atoms with E-state index in [9.17, 15) is 9.59 Å². The molecule has 3 N–H and O–H groups in total. The lowest BCUT2D eigenvalue weighted by atomic mass is 10.1. The molecule has 1 saturated heterocycles. The summed E-state index contributed by atoms with van der Waals surface area (Å²) >= 11 is 7.87. The van der Waals surface area contributed by atoms with Gasteiger partial charge in [-0.25, -0.2) is 4.79 Å². The van der Waals surface area contributed by atoms with Crippen LogP contribution in [0.25, 0.3) is 21.3 Å². The van der Waals surface area contributed by atoms with E-state index >= 15 is 0 Å². The number of nitrogens with zero attached hydrogens (tertiary/aromatic N) is 1. The number of ether oxygens (including phenoxy) is 3. The molecular formula is C24H21ClN4O5S. The van der Waals surface area contributed by atoms with E-state index in [0.29, 0.717) is 53.2 Å². The van der Waals surface area contributed by atoms with Crippen LogP contribution in [0.2, 0.25) is 5.02 Å². The predicted molar refractivity (Wildman–Crippen MR) is 136 cm³/mol. The maximum atomic E-state index is 13.0. The monoisotopic (exact) mass is 512 g/mol. The Labute approximate surface area is 209 Å². The highest BCUT2D eigenvalue weighted by atomic mass is 35.5. The first-order valence-corrected chi connectivity index (χ1v) is 12.1. The number of aromatic amines is 1. The van der Waals surface area contributed by atoms with Gasteiger partial charge in [-0.2, -0.15) is 0 Å². The van der Waals surface area contributed by atoms with Gasteiger partial charge in [-0.3, -0.25) is 9.78 Å². The highest BCUT2D eigenvalue weighted by Gasteiger charge is 2.21. The minimum Gasteiger partial charge on any atom is -0.492 e. The summed E-state index contributed by atoms with van der Waals surface area (Å²) in [6.07, 6.45) is 3.32. The van der Waals surface area contributed by atoms with Gasteiger partial charge in [0.2, 0.25) is 0 Å². The fraction of sp³-hybridized carbons (Fsp3) is 0.208. The summed E-state index contributed by atoms with van der Waals surface area (Å²) in [5.74, 6) is 0.401. The molecule has 1 aliphatic rings. The number of carbonyl (C=O) groups is 1. The molecule has 1 fully saturated rings. The van der Waals surface area contributed by atoms with Crippen molar-refractivity contribution >= 4 is 51.2 Å². The van der Waals surface area contributed by atoms with Crippen LogP contribution in [0.15, 0.2) is 59.0 Å². The van der Waals surface area contributed by atoms with Gasteiger partial charge in [0.05, 0.1) is 41.6 Å². The number of H-pyrrole nitrogens is 1. The molecular weight excluding hydrogens is 492 g/mol. The lowest BCUT2D eigenvalue weighted by Crippen LogP contribution is -2.20. The molecule has 4 heterocycles. The number of amides is 2. The van der Waals surface area contributed by atoms with Crippen molar-refractivity contribution in [1.29, 1.82) is 0 Å². The predicted octanol–water partition coefficient (Wildman–Crippen LogP) is 5.09. The molecule has 0 atom stereocenters. The molecule has 180 valence electrons. The molecule has 0 spiro atoms. The van der Waals surface area contributed by atoms with Crippen molar-refractivity contribution in [3.05, 3.63) is 69.5 Å². The highest BCUT2D eigenvalue weighted by molar-refractivity contribution is 7.13. The molecule has 0 bridgehead atoms. The number of rotatable bonds is 7. The molecule has 3 aromatic heterocycles. The molecule has 0 radical (unpaired) electrons. The van der Waals surface area contributed by atoms with E-state index in [2.05, 4.69) is 20.6 Å². The Morgan fingerprint density at radius 2 is 2.00 bits per heavy atom. The minimum absolute atomic E-state index is 0.264. The van der Waals surface area contributed by atoms with Gasteiger partial charge in [0, 0.05) is 34.8 Å². The SMILES string of the molecule is O=C(Nc1ccncc1)Nc1cc2c(OCCC3OCCO3)c(-c3cccs3)c(=O)[nH]c2cc1Cl. The Bertz CT molecular complexity index is 1390. The number of thiophene rings is 1. The number of hydrogen-bond acceptors (Lipinski definition) is 7. The smallest absolute Gasteiger partial charge is 0.323 e. The molecule has 5 rings (SSSR count). The Balaban J connectivity index is 1.50. The summed E-state index contributed by atoms with van der Waals surface area (Å²) < 4.78 is 17.1. The van der Waals surface area contributed by atoms with Gasteiger partial charge in [0.25, 0.3) is 5.56 Å². The average molecular weight is 513 g/mol. The second-order valence-corrected chi connectivity index (χ2v) is 8.99. The first-order chi connectivity index (χ1) is 17.1. The second kappa shape index (κ2) is 10.4. The van der Waals surface area contributed by atoms with Gasteiger partial charge < -0.3 is 29.8 Å². The number of nitrogens with one attached hydrogen (secondary N) is 3. The Kier molecular flexibility index (Phi) is 6.96. The van der Waals surface area contributed by atoms with E-state index in [-0.39, 0.29) is 23.5 Å². The van der Waals surface area contributed by atoms with Crippen molar-refractivity contribution in [2.24, 2.45) is 0 Å². The zero-order valence-corrected chi connectivity index (χ0v) is 19.9. The largest absolute Gasteiger partial charge is 0.492 e. The Hall–Kier alpha value is -3.44. The lowest BCUT2D eigenvalue weighted by molar-refractivity contribution is -0.0530. The van der Waals surface area contributed by atoms with Gasteiger partial charge in [-0.15, -0.1) is 11.3 Å². The van der Waals surface area contributed by atoms with Gasteiger partial charge >= 0.3 is 6.03 Å². The van der Waals surface area contributed by atoms with Crippen molar-refractivity contribution < 1.29 is 19.0 Å². The highest BCUT2D eigenvalue weighted by Crippen LogP contribution is 2.38. The van der Waals surface area contributed by atoms with Crippen LogP contribution in [0, 0.1) is 0 Å². The van der Waals surface area contributed by atoms with Gasteiger partial charge in [0.1, 0.15) is 5.75 Å². The molecule has 0 saturated carbocycles. The number of aromatic nitrogens is 2. The molecule has 11 heteroatoms. The maximum absolute atomic E-state index is 13.0. The van der Waals surface area contributed by atoms with E-state index in [1.807, 2.05) is 17.5 Å². The fourth-order valence-electron chi connectivity index (χ4n) is 3.73. The average Bonchev–Trinajstić information content (AvgIpc) is 3.55. The van der Waals surface area contributed by atoms with E-state index in [1.54, 1.807) is 36.7 Å². The third-order valence-corrected chi connectivity index (χ3v) is 6.50. The summed E-state index contributed by atoms with van der Waals surface area (Å²) in [6, 6.07) is 9.87. The van der Waals surface area contributed by atoms with Crippen LogP contribution < -0.4 is 20.9 Å². The number of benzene rings is 1. The van der Waals surface area contributed by atoms with Crippen LogP contribution in [0.4, 0.5) is 16.2 Å². The standard InChI is InChI=1S/C24H21ClN4O5S/c25-16-13-17-15(12-18(16)29-24(31)27-14-3-6-26-7-4-14)22(34-8-5-20-32-9-10-33-20)21(23(30)28-17)19-2-1-11-35-19/h1-4,6-7,11-13,20H,5,8-10H2,(H,28,30)(H2,26,27,29,31). The molecule has 1 aliphatic heterocycles. The van der Waals surface area contributed by atoms with Crippen molar-refractivity contribution in [2.45, 2.75) is 12.7 Å². The summed E-state index contributed by atoms with van der Waals surface area (Å²) in [6.45, 7) is 1.37. The van der Waals surface area contributed by atoms with E-state index < -0.39 is 6.03 Å². The first-order valence-electron chi connectivity index (χ1n) is 10.9. The summed E-state index contributed by atoms with van der Waals surface area (Å²) in [5.41, 5.74) is 1.55. The first kappa shape index (κ1) is 23.3. The van der Waals surface area contributed by atoms with Crippen LogP contribution in [0.5, 0.6) is 5.75 Å². The van der Waals surface area contributed by atoms with Crippen LogP contribution in [-0.2, 0) is 9.47 Å². The second-order valence-electron chi connectivity index (χ2n) is 7.64. The molecule has 4 aromatic rings. The normalized spacial score (nSPS) is 13.7. The van der Waals surface area contributed by atoms with Crippen LogP contribution in [0.1, 0.15) is 6.42 Å². The number of hydrogen-bond donors (Lipinski definition) is 3. The number of urea groups is 1. The molecule has 0 aliphatic carbocycles. The quantitative estimate of drug-likeness (QED) is 0.318. The van der Waals surface area contributed by atoms with Gasteiger partial charge in [0.15, 0.2) is 6.29 Å². The van der Waals surface area contributed by atoms with Crippen molar-refractivity contribution in [2.75, 3.05) is 30.5 Å². The van der Waals surface area contributed by atoms with Gasteiger partial charge in [-0.1, -0.05) is 17.7 Å². The maximum Gasteiger partial charge on any atom is 0.323 e. The van der Waals surface area contributed by atoms with E-state index in [4.69, 9.17) is 25.8 Å². The van der Waals surface area contributed by atoms with Crippen molar-refractivity contribution in [3.8, 4) is 16.2 Å². The van der Waals surface area contributed by atoms with Crippen LogP contribution >= 0.6 is 22.9 Å². The van der Waals surface area contributed by atoms with Crippen LogP contribution in [0.3, 0.4) is 0 Å². The summed E-state index contributed by atoms with van der Waals surface area (Å²) in [5, 5.41) is 8.24. The minimum atomic E-state index is -0.474. The summed E-state index contributed by atoms with van der Waals surface area (Å²) in [7, 11) is 0. The van der Waals surface area contributed by atoms with Crippen molar-refractivity contribution in [1.82, 2.24) is 9.97 Å². The zero-order chi connectivity index (χ0) is 24.2. The number of halogens is 1. The number of carbonyl (C=O) groups excluding carboxylic acids is 1. The molecule has 0 unspecified atom stereocenters. The molecule has 9 nitrogen and oxygen atoms in total. The topological polar surface area (TPSA) is 115 Å². The number of fused-ring (bicyclic) bond motifs is 1. The fourth-order valence-corrected chi connectivity index (χ4v) is 4.70. The lowest BCUT2D eigenvalue weighted by Gasteiger charge is -2.16. The third kappa shape index (κ3) is 5.30. The van der Waals surface area contributed by atoms with Gasteiger partial charge in [-0.05, 0) is 35.7 Å². The van der Waals surface area contributed by atoms with E-state index in [1.165, 1.54) is 11.3 Å². The Morgan fingerprint density at radius 1 is 1.20 bits per heavy atom. The van der Waals surface area contributed by atoms with E-state index in [0.717, 1.165) is 4.88 Å². The number of anilines is 2. The van der Waals surface area contributed by atoms with Crippen molar-refractivity contribution in [3.63, 3.8) is 0 Å². The zero-order valence-electron chi connectivity index (χ0n) is 18.4. The Morgan fingerprint density at radius 3 is 2.74 bits per heavy atom. The number of pyridine rings is 2.